The minimum Gasteiger partial charge on any atom is -0.489 e. The minimum atomic E-state index is -0.103. The van der Waals surface area contributed by atoms with Crippen molar-refractivity contribution in [3.8, 4) is 11.4 Å². The first-order chi connectivity index (χ1) is 13.2. The van der Waals surface area contributed by atoms with Crippen molar-refractivity contribution >= 4 is 11.7 Å². The molecule has 0 aliphatic carbocycles. The Morgan fingerprint density at radius 1 is 1.22 bits per heavy atom. The Hall–Kier alpha value is -3.34. The number of amides is 1. The van der Waals surface area contributed by atoms with E-state index in [0.717, 1.165) is 28.4 Å². The quantitative estimate of drug-likeness (QED) is 0.694. The number of aromatic nitrogens is 2. The van der Waals surface area contributed by atoms with Crippen molar-refractivity contribution in [1.82, 2.24) is 9.78 Å². The molecule has 3 aromatic rings. The highest BCUT2D eigenvalue weighted by Gasteiger charge is 2.32. The van der Waals surface area contributed by atoms with E-state index in [-0.39, 0.29) is 11.8 Å². The highest BCUT2D eigenvalue weighted by molar-refractivity contribution is 5.94. The maximum absolute atomic E-state index is 12.5. The summed E-state index contributed by atoms with van der Waals surface area (Å²) in [5, 5.41) is 7.53. The van der Waals surface area contributed by atoms with Crippen LogP contribution in [0.4, 0.5) is 5.82 Å². The second-order valence-corrected chi connectivity index (χ2v) is 6.64. The summed E-state index contributed by atoms with van der Waals surface area (Å²) >= 11 is 0. The number of ether oxygens (including phenoxy) is 1. The number of hydrogen-bond acceptors (Lipinski definition) is 3. The summed E-state index contributed by atoms with van der Waals surface area (Å²) in [6.45, 7) is 6.17. The van der Waals surface area contributed by atoms with Gasteiger partial charge in [-0.05, 0) is 25.1 Å². The van der Waals surface area contributed by atoms with Gasteiger partial charge in [0.1, 0.15) is 18.2 Å². The number of nitrogens with one attached hydrogen (secondary N) is 1. The number of rotatable bonds is 5. The van der Waals surface area contributed by atoms with Crippen molar-refractivity contribution in [2.75, 3.05) is 11.9 Å². The molecule has 1 amide bonds. The van der Waals surface area contributed by atoms with Gasteiger partial charge in [-0.25, -0.2) is 4.68 Å². The van der Waals surface area contributed by atoms with Crippen molar-refractivity contribution in [1.29, 1.82) is 0 Å². The van der Waals surface area contributed by atoms with Gasteiger partial charge in [-0.15, -0.1) is 0 Å². The second-order valence-electron chi connectivity index (χ2n) is 6.64. The molecule has 0 bridgehead atoms. The zero-order valence-electron chi connectivity index (χ0n) is 15.2. The average Bonchev–Trinajstić information content (AvgIpc) is 3.10. The largest absolute Gasteiger partial charge is 0.489 e. The monoisotopic (exact) mass is 359 g/mol. The van der Waals surface area contributed by atoms with Crippen LogP contribution in [0.3, 0.4) is 0 Å². The van der Waals surface area contributed by atoms with Crippen LogP contribution in [0.25, 0.3) is 5.69 Å². The maximum Gasteiger partial charge on any atom is 0.226 e. The Bertz CT molecular complexity index is 989. The first kappa shape index (κ1) is 17.1. The Morgan fingerprint density at radius 3 is 2.78 bits per heavy atom. The smallest absolute Gasteiger partial charge is 0.226 e. The molecule has 2 aromatic carbocycles. The van der Waals surface area contributed by atoms with E-state index in [1.807, 2.05) is 61.7 Å². The van der Waals surface area contributed by atoms with Gasteiger partial charge in [0.15, 0.2) is 0 Å². The number of fused-ring (bicyclic) bond motifs is 1. The molecule has 27 heavy (non-hydrogen) atoms. The molecule has 0 saturated heterocycles. The molecule has 1 aliphatic rings. The summed E-state index contributed by atoms with van der Waals surface area (Å²) < 4.78 is 7.60. The third-order valence-electron chi connectivity index (χ3n) is 4.75. The zero-order valence-corrected chi connectivity index (χ0v) is 15.2. The SMILES string of the molecule is C=CCOc1ccccc1[C@@H]1CC(=O)Nc2c1cnn2-c1ccc(C)cc1. The highest BCUT2D eigenvalue weighted by atomic mass is 16.5. The second kappa shape index (κ2) is 7.11. The van der Waals surface area contributed by atoms with Crippen LogP contribution >= 0.6 is 0 Å². The fourth-order valence-electron chi connectivity index (χ4n) is 3.43. The highest BCUT2D eigenvalue weighted by Crippen LogP contribution is 2.41. The van der Waals surface area contributed by atoms with E-state index < -0.39 is 0 Å². The summed E-state index contributed by atoms with van der Waals surface area (Å²) in [6, 6.07) is 15.9. The van der Waals surface area contributed by atoms with Gasteiger partial charge in [0.05, 0.1) is 11.9 Å². The molecule has 0 spiro atoms. The molecule has 5 heteroatoms. The number of hydrogen-bond donors (Lipinski definition) is 1. The van der Waals surface area contributed by atoms with Gasteiger partial charge in [-0.1, -0.05) is 48.6 Å². The molecule has 0 unspecified atom stereocenters. The average molecular weight is 359 g/mol. The number of nitrogens with zero attached hydrogens (tertiary/aromatic N) is 2. The van der Waals surface area contributed by atoms with Gasteiger partial charge in [-0.3, -0.25) is 4.79 Å². The van der Waals surface area contributed by atoms with Gasteiger partial charge in [0.25, 0.3) is 0 Å². The number of carbonyl (C=O) groups excluding carboxylic acids is 1. The third kappa shape index (κ3) is 3.24. The van der Waals surface area contributed by atoms with Gasteiger partial charge < -0.3 is 10.1 Å². The first-order valence-electron chi connectivity index (χ1n) is 8.95. The lowest BCUT2D eigenvalue weighted by Crippen LogP contribution is -2.25. The fraction of sp³-hybridized carbons (Fsp3) is 0.182. The Labute approximate surface area is 158 Å². The molecule has 1 N–H and O–H groups in total. The van der Waals surface area contributed by atoms with E-state index in [4.69, 9.17) is 4.74 Å². The molecule has 1 aromatic heterocycles. The van der Waals surface area contributed by atoms with E-state index in [1.165, 1.54) is 5.56 Å². The summed E-state index contributed by atoms with van der Waals surface area (Å²) in [4.78, 5) is 12.5. The van der Waals surface area contributed by atoms with Gasteiger partial charge in [0.2, 0.25) is 5.91 Å². The Kier molecular flexibility index (Phi) is 4.50. The standard InChI is InChI=1S/C22H21N3O2/c1-3-12-27-20-7-5-4-6-17(20)18-13-21(26)24-22-19(18)14-23-25(22)16-10-8-15(2)9-11-16/h3-11,14,18H,1,12-13H2,2H3,(H,24,26)/t18-/m0/s1. The number of benzene rings is 2. The van der Waals surface area contributed by atoms with Crippen LogP contribution < -0.4 is 10.1 Å². The van der Waals surface area contributed by atoms with Gasteiger partial charge >= 0.3 is 0 Å². The van der Waals surface area contributed by atoms with Crippen LogP contribution in [0.15, 0.2) is 67.4 Å². The van der Waals surface area contributed by atoms with Crippen LogP contribution in [0, 0.1) is 6.92 Å². The van der Waals surface area contributed by atoms with Crippen molar-refractivity contribution < 1.29 is 9.53 Å². The topological polar surface area (TPSA) is 56.1 Å². The van der Waals surface area contributed by atoms with Crippen molar-refractivity contribution in [3.63, 3.8) is 0 Å². The molecule has 1 atom stereocenters. The molecule has 2 heterocycles. The van der Waals surface area contributed by atoms with Crippen LogP contribution in [0.1, 0.15) is 29.0 Å². The molecule has 0 fully saturated rings. The summed E-state index contributed by atoms with van der Waals surface area (Å²) in [5.74, 6) is 1.36. The summed E-state index contributed by atoms with van der Waals surface area (Å²) in [6.07, 6.45) is 3.91. The van der Waals surface area contributed by atoms with Crippen molar-refractivity contribution in [2.24, 2.45) is 0 Å². The normalized spacial score (nSPS) is 15.7. The zero-order chi connectivity index (χ0) is 18.8. The molecule has 136 valence electrons. The van der Waals surface area contributed by atoms with E-state index in [9.17, 15) is 4.79 Å². The fourth-order valence-corrected chi connectivity index (χ4v) is 3.43. The van der Waals surface area contributed by atoms with Crippen LogP contribution in [0.2, 0.25) is 0 Å². The lowest BCUT2D eigenvalue weighted by Gasteiger charge is -2.25. The van der Waals surface area contributed by atoms with Crippen LogP contribution in [0.5, 0.6) is 5.75 Å². The number of para-hydroxylation sites is 1. The Balaban J connectivity index is 1.78. The lowest BCUT2D eigenvalue weighted by atomic mass is 9.87. The van der Waals surface area contributed by atoms with Crippen LogP contribution in [-0.4, -0.2) is 22.3 Å². The van der Waals surface area contributed by atoms with E-state index in [1.54, 1.807) is 10.8 Å². The predicted octanol–water partition coefficient (Wildman–Crippen LogP) is 4.22. The summed E-state index contributed by atoms with van der Waals surface area (Å²) in [7, 11) is 0. The molecular formula is C22H21N3O2. The molecule has 1 aliphatic heterocycles. The maximum atomic E-state index is 12.5. The number of aryl methyl sites for hydroxylation is 1. The van der Waals surface area contributed by atoms with E-state index in [0.29, 0.717) is 13.0 Å². The number of anilines is 1. The number of carbonyl (C=O) groups is 1. The van der Waals surface area contributed by atoms with E-state index in [2.05, 4.69) is 17.0 Å². The Morgan fingerprint density at radius 2 is 2.00 bits per heavy atom. The molecule has 5 nitrogen and oxygen atoms in total. The molecule has 4 rings (SSSR count). The minimum absolute atomic E-state index is 0.0279. The van der Waals surface area contributed by atoms with Crippen LogP contribution in [-0.2, 0) is 4.79 Å². The van der Waals surface area contributed by atoms with Gasteiger partial charge in [0, 0.05) is 23.5 Å². The molecular weight excluding hydrogens is 338 g/mol. The third-order valence-corrected chi connectivity index (χ3v) is 4.75. The molecule has 0 saturated carbocycles. The molecule has 0 radical (unpaired) electrons. The van der Waals surface area contributed by atoms with Gasteiger partial charge in [-0.2, -0.15) is 5.10 Å². The predicted molar refractivity (Wildman–Crippen MR) is 106 cm³/mol. The summed E-state index contributed by atoms with van der Waals surface area (Å²) in [5.41, 5.74) is 4.07. The first-order valence-corrected chi connectivity index (χ1v) is 8.95. The van der Waals surface area contributed by atoms with E-state index >= 15 is 0 Å². The van der Waals surface area contributed by atoms with Crippen molar-refractivity contribution in [3.05, 3.63) is 84.1 Å². The van der Waals surface area contributed by atoms with Crippen molar-refractivity contribution in [2.45, 2.75) is 19.3 Å². The lowest BCUT2D eigenvalue weighted by molar-refractivity contribution is -0.116.